The van der Waals surface area contributed by atoms with Crippen molar-refractivity contribution in [3.8, 4) is 0 Å². The second-order valence-corrected chi connectivity index (χ2v) is 6.53. The van der Waals surface area contributed by atoms with E-state index in [4.69, 9.17) is 4.74 Å². The lowest BCUT2D eigenvalue weighted by Crippen LogP contribution is -2.43. The summed E-state index contributed by atoms with van der Waals surface area (Å²) < 4.78 is 5.42. The van der Waals surface area contributed by atoms with E-state index in [2.05, 4.69) is 12.2 Å². The molecule has 112 valence electrons. The van der Waals surface area contributed by atoms with Gasteiger partial charge in [-0.15, -0.1) is 0 Å². The second-order valence-electron chi connectivity index (χ2n) is 6.53. The summed E-state index contributed by atoms with van der Waals surface area (Å²) in [4.78, 5) is 13.8. The second kappa shape index (κ2) is 7.13. The van der Waals surface area contributed by atoms with E-state index >= 15 is 0 Å². The summed E-state index contributed by atoms with van der Waals surface area (Å²) in [6.07, 6.45) is 3.24. The molecule has 1 aliphatic heterocycles. The summed E-state index contributed by atoms with van der Waals surface area (Å²) in [5.74, 6) is 1.46. The third-order valence-corrected chi connectivity index (χ3v) is 3.85. The van der Waals surface area contributed by atoms with Crippen molar-refractivity contribution < 1.29 is 9.53 Å². The maximum atomic E-state index is 12.0. The number of carbonyl (C=O) groups excluding carboxylic acids is 1. The number of ether oxygens (including phenoxy) is 1. The number of hydrogen-bond acceptors (Lipinski definition) is 3. The van der Waals surface area contributed by atoms with E-state index in [0.717, 1.165) is 44.3 Å². The molecule has 0 saturated carbocycles. The minimum absolute atomic E-state index is 0.160. The molecule has 19 heavy (non-hydrogen) atoms. The Morgan fingerprint density at radius 2 is 1.95 bits per heavy atom. The summed E-state index contributed by atoms with van der Waals surface area (Å²) >= 11 is 0. The molecule has 1 amide bonds. The smallest absolute Gasteiger partial charge is 0.410 e. The SMILES string of the molecule is CCC(CNC)C1CCN(C(=O)OC(C)(C)C)CC1. The number of nitrogens with one attached hydrogen (secondary N) is 1. The molecule has 4 heteroatoms. The standard InChI is InChI=1S/C15H30N2O2/c1-6-12(11-16-5)13-7-9-17(10-8-13)14(18)19-15(2,3)4/h12-13,16H,6-11H2,1-5H3. The summed E-state index contributed by atoms with van der Waals surface area (Å²) in [6.45, 7) is 10.7. The first-order valence-electron chi connectivity index (χ1n) is 7.50. The molecule has 0 bridgehead atoms. The zero-order chi connectivity index (χ0) is 14.5. The number of hydrogen-bond donors (Lipinski definition) is 1. The van der Waals surface area contributed by atoms with Crippen molar-refractivity contribution in [1.82, 2.24) is 10.2 Å². The van der Waals surface area contributed by atoms with Crippen LogP contribution in [0.4, 0.5) is 4.79 Å². The average molecular weight is 270 g/mol. The Labute approximate surface area is 117 Å². The van der Waals surface area contributed by atoms with Gasteiger partial charge in [0.05, 0.1) is 0 Å². The largest absolute Gasteiger partial charge is 0.444 e. The first kappa shape index (κ1) is 16.3. The minimum Gasteiger partial charge on any atom is -0.444 e. The van der Waals surface area contributed by atoms with Crippen LogP contribution in [0.3, 0.4) is 0 Å². The Morgan fingerprint density at radius 1 is 1.37 bits per heavy atom. The number of rotatable bonds is 4. The third kappa shape index (κ3) is 5.39. The van der Waals surface area contributed by atoms with Crippen LogP contribution in [0.5, 0.6) is 0 Å². The molecule has 1 fully saturated rings. The predicted octanol–water partition coefficient (Wildman–Crippen LogP) is 2.88. The van der Waals surface area contributed by atoms with Crippen LogP contribution in [0.2, 0.25) is 0 Å². The van der Waals surface area contributed by atoms with E-state index in [0.29, 0.717) is 0 Å². The lowest BCUT2D eigenvalue weighted by atomic mass is 9.83. The van der Waals surface area contributed by atoms with Gasteiger partial charge >= 0.3 is 6.09 Å². The monoisotopic (exact) mass is 270 g/mol. The molecule has 0 radical (unpaired) electrons. The molecular weight excluding hydrogens is 240 g/mol. The van der Waals surface area contributed by atoms with E-state index in [1.54, 1.807) is 0 Å². The van der Waals surface area contributed by atoms with Gasteiger partial charge in [0.2, 0.25) is 0 Å². The van der Waals surface area contributed by atoms with Crippen molar-refractivity contribution in [3.63, 3.8) is 0 Å². The highest BCUT2D eigenvalue weighted by atomic mass is 16.6. The van der Waals surface area contributed by atoms with Crippen LogP contribution in [0, 0.1) is 11.8 Å². The number of nitrogens with zero attached hydrogens (tertiary/aromatic N) is 1. The molecule has 1 aliphatic rings. The summed E-state index contributed by atoms with van der Waals surface area (Å²) in [7, 11) is 2.01. The molecule has 1 N–H and O–H groups in total. The Kier molecular flexibility index (Phi) is 6.11. The van der Waals surface area contributed by atoms with E-state index < -0.39 is 5.60 Å². The fourth-order valence-corrected chi connectivity index (χ4v) is 2.79. The van der Waals surface area contributed by atoms with Gasteiger partial charge in [-0.3, -0.25) is 0 Å². The number of likely N-dealkylation sites (tertiary alicyclic amines) is 1. The number of amides is 1. The quantitative estimate of drug-likeness (QED) is 0.854. The zero-order valence-electron chi connectivity index (χ0n) is 13.2. The van der Waals surface area contributed by atoms with Gasteiger partial charge in [-0.2, -0.15) is 0 Å². The molecule has 1 atom stereocenters. The van der Waals surface area contributed by atoms with Crippen molar-refractivity contribution >= 4 is 6.09 Å². The average Bonchev–Trinajstić information content (AvgIpc) is 2.34. The third-order valence-electron chi connectivity index (χ3n) is 3.85. The Morgan fingerprint density at radius 3 is 2.37 bits per heavy atom. The van der Waals surface area contributed by atoms with Gasteiger partial charge in [0.25, 0.3) is 0 Å². The fourth-order valence-electron chi connectivity index (χ4n) is 2.79. The van der Waals surface area contributed by atoms with Crippen molar-refractivity contribution in [1.29, 1.82) is 0 Å². The molecule has 1 heterocycles. The lowest BCUT2D eigenvalue weighted by Gasteiger charge is -2.36. The van der Waals surface area contributed by atoms with E-state index in [9.17, 15) is 4.79 Å². The minimum atomic E-state index is -0.397. The van der Waals surface area contributed by atoms with Crippen LogP contribution in [0.25, 0.3) is 0 Å². The van der Waals surface area contributed by atoms with Crippen molar-refractivity contribution in [2.24, 2.45) is 11.8 Å². The van der Waals surface area contributed by atoms with Gasteiger partial charge in [0, 0.05) is 13.1 Å². The highest BCUT2D eigenvalue weighted by Crippen LogP contribution is 2.27. The lowest BCUT2D eigenvalue weighted by molar-refractivity contribution is 0.0158. The topological polar surface area (TPSA) is 41.6 Å². The molecule has 0 aliphatic carbocycles. The highest BCUT2D eigenvalue weighted by molar-refractivity contribution is 5.68. The molecule has 0 aromatic carbocycles. The van der Waals surface area contributed by atoms with Crippen LogP contribution in [0.1, 0.15) is 47.0 Å². The van der Waals surface area contributed by atoms with Crippen molar-refractivity contribution in [2.75, 3.05) is 26.7 Å². The molecule has 1 saturated heterocycles. The van der Waals surface area contributed by atoms with Gasteiger partial charge in [0.1, 0.15) is 5.60 Å². The Hall–Kier alpha value is -0.770. The highest BCUT2D eigenvalue weighted by Gasteiger charge is 2.29. The normalized spacial score (nSPS) is 19.3. The van der Waals surface area contributed by atoms with Crippen LogP contribution in [-0.4, -0.2) is 43.3 Å². The first-order chi connectivity index (χ1) is 8.87. The summed E-state index contributed by atoms with van der Waals surface area (Å²) in [5, 5.41) is 3.28. The van der Waals surface area contributed by atoms with Gasteiger partial charge in [-0.1, -0.05) is 13.3 Å². The first-order valence-corrected chi connectivity index (χ1v) is 7.50. The molecule has 4 nitrogen and oxygen atoms in total. The van der Waals surface area contributed by atoms with Gasteiger partial charge in [-0.05, 0) is 59.0 Å². The molecule has 1 rings (SSSR count). The fraction of sp³-hybridized carbons (Fsp3) is 0.933. The van der Waals surface area contributed by atoms with Crippen molar-refractivity contribution in [3.05, 3.63) is 0 Å². The van der Waals surface area contributed by atoms with E-state index in [-0.39, 0.29) is 6.09 Å². The van der Waals surface area contributed by atoms with Crippen LogP contribution in [0.15, 0.2) is 0 Å². The molecular formula is C15H30N2O2. The van der Waals surface area contributed by atoms with E-state index in [1.807, 2.05) is 32.7 Å². The Balaban J connectivity index is 2.42. The predicted molar refractivity (Wildman–Crippen MR) is 78.2 cm³/mol. The Bertz CT molecular complexity index is 278. The number of piperidine rings is 1. The number of carbonyl (C=O) groups is 1. The molecule has 0 spiro atoms. The molecule has 0 aromatic heterocycles. The van der Waals surface area contributed by atoms with Gasteiger partial charge < -0.3 is 15.0 Å². The maximum absolute atomic E-state index is 12.0. The van der Waals surface area contributed by atoms with Crippen LogP contribution >= 0.6 is 0 Å². The van der Waals surface area contributed by atoms with E-state index in [1.165, 1.54) is 6.42 Å². The zero-order valence-corrected chi connectivity index (χ0v) is 13.2. The van der Waals surface area contributed by atoms with Gasteiger partial charge in [0.15, 0.2) is 0 Å². The summed E-state index contributed by atoms with van der Waals surface area (Å²) in [5.41, 5.74) is -0.397. The molecule has 1 unspecified atom stereocenters. The van der Waals surface area contributed by atoms with Crippen molar-refractivity contribution in [2.45, 2.75) is 52.6 Å². The van der Waals surface area contributed by atoms with Gasteiger partial charge in [-0.25, -0.2) is 4.79 Å². The molecule has 0 aromatic rings. The van der Waals surface area contributed by atoms with Crippen LogP contribution in [-0.2, 0) is 4.74 Å². The maximum Gasteiger partial charge on any atom is 0.410 e. The summed E-state index contributed by atoms with van der Waals surface area (Å²) in [6, 6.07) is 0. The van der Waals surface area contributed by atoms with Crippen LogP contribution < -0.4 is 5.32 Å².